The zero-order valence-electron chi connectivity index (χ0n) is 19.3. The average Bonchev–Trinajstić information content (AvgIpc) is 3.19. The van der Waals surface area contributed by atoms with Crippen LogP contribution in [0.2, 0.25) is 0 Å². The lowest BCUT2D eigenvalue weighted by atomic mass is 10.2. The third-order valence-corrected chi connectivity index (χ3v) is 9.61. The minimum Gasteiger partial charge on any atom is -0.468 e. The van der Waals surface area contributed by atoms with Crippen LogP contribution >= 0.6 is 11.3 Å². The summed E-state index contributed by atoms with van der Waals surface area (Å²) in [5.41, 5.74) is 0.618. The van der Waals surface area contributed by atoms with Crippen molar-refractivity contribution in [3.05, 3.63) is 52.8 Å². The van der Waals surface area contributed by atoms with E-state index < -0.39 is 31.9 Å². The molecule has 1 amide bonds. The quantitative estimate of drug-likeness (QED) is 0.453. The van der Waals surface area contributed by atoms with E-state index in [1.54, 1.807) is 0 Å². The number of esters is 1. The number of carbonyl (C=O) groups is 2. The summed E-state index contributed by atoms with van der Waals surface area (Å²) in [6, 6.07) is 9.63. The van der Waals surface area contributed by atoms with Crippen LogP contribution in [0, 0.1) is 0 Å². The van der Waals surface area contributed by atoms with Gasteiger partial charge in [-0.15, -0.1) is 0 Å². The van der Waals surface area contributed by atoms with Gasteiger partial charge in [0.2, 0.25) is 20.0 Å². The number of aromatic nitrogens is 1. The van der Waals surface area contributed by atoms with Crippen LogP contribution in [0.1, 0.15) is 29.6 Å². The zero-order chi connectivity index (χ0) is 26.1. The Morgan fingerprint density at radius 3 is 2.25 bits per heavy atom. The van der Waals surface area contributed by atoms with Crippen LogP contribution in [0.15, 0.2) is 57.2 Å². The van der Waals surface area contributed by atoms with E-state index in [0.29, 0.717) is 23.3 Å². The first-order chi connectivity index (χ1) is 17.0. The van der Waals surface area contributed by atoms with E-state index >= 15 is 0 Å². The molecule has 1 aliphatic rings. The first kappa shape index (κ1) is 26.2. The predicted octanol–water partition coefficient (Wildman–Crippen LogP) is 1.44. The molecule has 0 bridgehead atoms. The summed E-state index contributed by atoms with van der Waals surface area (Å²) in [4.78, 5) is 29.1. The van der Waals surface area contributed by atoms with Crippen molar-refractivity contribution >= 4 is 53.5 Å². The van der Waals surface area contributed by atoms with E-state index in [9.17, 15) is 26.4 Å². The van der Waals surface area contributed by atoms with Gasteiger partial charge in [0.05, 0.1) is 27.1 Å². The fraction of sp³-hybridized carbons (Fsp3) is 0.318. The van der Waals surface area contributed by atoms with Crippen molar-refractivity contribution in [1.29, 1.82) is 0 Å². The number of primary sulfonamides is 1. The van der Waals surface area contributed by atoms with E-state index in [1.165, 1.54) is 58.4 Å². The van der Waals surface area contributed by atoms with Gasteiger partial charge in [-0.3, -0.25) is 9.59 Å². The molecule has 36 heavy (non-hydrogen) atoms. The maximum absolute atomic E-state index is 12.9. The zero-order valence-corrected chi connectivity index (χ0v) is 21.7. The number of amides is 1. The van der Waals surface area contributed by atoms with Crippen LogP contribution in [-0.2, 0) is 36.1 Å². The van der Waals surface area contributed by atoms with Crippen LogP contribution in [0.25, 0.3) is 10.2 Å². The van der Waals surface area contributed by atoms with Gasteiger partial charge in [-0.2, -0.15) is 9.30 Å². The number of nitrogens with two attached hydrogens (primary N) is 1. The highest BCUT2D eigenvalue weighted by molar-refractivity contribution is 7.89. The molecule has 4 rings (SSSR count). The largest absolute Gasteiger partial charge is 0.468 e. The maximum atomic E-state index is 12.9. The second-order valence-electron chi connectivity index (χ2n) is 8.13. The molecule has 1 aromatic heterocycles. The number of nitrogens with zero attached hydrogens (tertiary/aromatic N) is 3. The van der Waals surface area contributed by atoms with Crippen molar-refractivity contribution in [3.63, 3.8) is 0 Å². The number of benzene rings is 2. The summed E-state index contributed by atoms with van der Waals surface area (Å²) >= 11 is 1.00. The van der Waals surface area contributed by atoms with E-state index in [-0.39, 0.29) is 26.7 Å². The Morgan fingerprint density at radius 1 is 1.00 bits per heavy atom. The van der Waals surface area contributed by atoms with E-state index in [4.69, 9.17) is 9.88 Å². The number of carbonyl (C=O) groups excluding carboxylic acids is 2. The summed E-state index contributed by atoms with van der Waals surface area (Å²) in [6.45, 7) is 0.680. The topological polar surface area (TPSA) is 158 Å². The van der Waals surface area contributed by atoms with Crippen molar-refractivity contribution < 1.29 is 31.2 Å². The van der Waals surface area contributed by atoms with E-state index in [2.05, 4.69) is 4.99 Å². The summed E-state index contributed by atoms with van der Waals surface area (Å²) in [5, 5.41) is 5.21. The lowest BCUT2D eigenvalue weighted by molar-refractivity contribution is -0.141. The molecule has 0 atom stereocenters. The van der Waals surface area contributed by atoms with Gasteiger partial charge in [0, 0.05) is 18.7 Å². The smallest absolute Gasteiger partial charge is 0.325 e. The number of piperidine rings is 1. The summed E-state index contributed by atoms with van der Waals surface area (Å²) < 4.78 is 57.2. The van der Waals surface area contributed by atoms with Crippen molar-refractivity contribution in [2.45, 2.75) is 35.6 Å². The third-order valence-electron chi connectivity index (χ3n) is 5.75. The third kappa shape index (κ3) is 5.42. The number of rotatable bonds is 6. The molecule has 0 aliphatic carbocycles. The molecule has 1 fully saturated rings. The molecule has 11 nitrogen and oxygen atoms in total. The van der Waals surface area contributed by atoms with Crippen LogP contribution in [0.3, 0.4) is 0 Å². The number of methoxy groups -OCH3 is 1. The van der Waals surface area contributed by atoms with E-state index in [1.807, 2.05) is 0 Å². The van der Waals surface area contributed by atoms with Gasteiger partial charge < -0.3 is 9.30 Å². The normalized spacial score (nSPS) is 15.8. The van der Waals surface area contributed by atoms with Gasteiger partial charge in [0.25, 0.3) is 5.91 Å². The minimum atomic E-state index is -3.96. The van der Waals surface area contributed by atoms with Crippen LogP contribution < -0.4 is 9.94 Å². The molecule has 0 unspecified atom stereocenters. The molecule has 14 heteroatoms. The SMILES string of the molecule is COC(=O)Cn1c(=NC(=O)c2ccc(S(=O)(=O)N3CCCCC3)cc2)sc2cc(S(N)(=O)=O)ccc21. The van der Waals surface area contributed by atoms with Crippen molar-refractivity contribution in [3.8, 4) is 0 Å². The second-order valence-corrected chi connectivity index (χ2v) is 12.6. The molecule has 2 N–H and O–H groups in total. The number of hydrogen-bond acceptors (Lipinski definition) is 8. The van der Waals surface area contributed by atoms with Crippen LogP contribution in [0.5, 0.6) is 0 Å². The van der Waals surface area contributed by atoms with Gasteiger partial charge in [-0.05, 0) is 55.3 Å². The fourth-order valence-electron chi connectivity index (χ4n) is 3.84. The highest BCUT2D eigenvalue weighted by Gasteiger charge is 2.26. The molecule has 0 radical (unpaired) electrons. The number of sulfonamides is 2. The Bertz CT molecular complexity index is 1600. The molecule has 192 valence electrons. The van der Waals surface area contributed by atoms with Crippen molar-refractivity contribution in [2.24, 2.45) is 10.1 Å². The van der Waals surface area contributed by atoms with Gasteiger partial charge in [0.15, 0.2) is 4.80 Å². The molecule has 0 spiro atoms. The number of hydrogen-bond donors (Lipinski definition) is 1. The van der Waals surface area contributed by atoms with Crippen molar-refractivity contribution in [2.75, 3.05) is 20.2 Å². The molecule has 0 saturated carbocycles. The minimum absolute atomic E-state index is 0.0964. The Hall–Kier alpha value is -2.91. The molecule has 2 heterocycles. The van der Waals surface area contributed by atoms with Gasteiger partial charge in [0.1, 0.15) is 6.54 Å². The van der Waals surface area contributed by atoms with Gasteiger partial charge >= 0.3 is 5.97 Å². The van der Waals surface area contributed by atoms with Gasteiger partial charge in [-0.25, -0.2) is 22.0 Å². The fourth-order valence-corrected chi connectivity index (χ4v) is 7.04. The van der Waals surface area contributed by atoms with Crippen molar-refractivity contribution in [1.82, 2.24) is 8.87 Å². The summed E-state index contributed by atoms with van der Waals surface area (Å²) in [5.74, 6) is -1.25. The standard InChI is InChI=1S/C22H24N4O7S3/c1-33-20(27)14-26-18-10-9-17(35(23,29)30)13-19(18)34-22(26)24-21(28)15-5-7-16(8-6-15)36(31,32)25-11-3-2-4-12-25/h5-10,13H,2-4,11-12,14H2,1H3,(H2,23,29,30). The number of thiazole rings is 1. The lowest BCUT2D eigenvalue weighted by Crippen LogP contribution is -2.35. The molecular weight excluding hydrogens is 528 g/mol. The average molecular weight is 553 g/mol. The van der Waals surface area contributed by atoms with Crippen LogP contribution in [-0.4, -0.2) is 57.8 Å². The molecule has 2 aromatic carbocycles. The summed E-state index contributed by atoms with van der Waals surface area (Å²) in [6.07, 6.45) is 2.63. The second kappa shape index (κ2) is 10.2. The highest BCUT2D eigenvalue weighted by atomic mass is 32.2. The monoisotopic (exact) mass is 552 g/mol. The molecule has 1 saturated heterocycles. The molecule has 1 aliphatic heterocycles. The first-order valence-electron chi connectivity index (χ1n) is 10.9. The van der Waals surface area contributed by atoms with Gasteiger partial charge in [-0.1, -0.05) is 17.8 Å². The Labute approximate surface area is 211 Å². The number of fused-ring (bicyclic) bond motifs is 1. The lowest BCUT2D eigenvalue weighted by Gasteiger charge is -2.25. The summed E-state index contributed by atoms with van der Waals surface area (Å²) in [7, 11) is -6.38. The Kier molecular flexibility index (Phi) is 7.43. The Balaban J connectivity index is 1.71. The highest BCUT2D eigenvalue weighted by Crippen LogP contribution is 2.23. The molecule has 3 aromatic rings. The Morgan fingerprint density at radius 2 is 1.64 bits per heavy atom. The first-order valence-corrected chi connectivity index (χ1v) is 14.7. The van der Waals surface area contributed by atoms with E-state index in [0.717, 1.165) is 30.6 Å². The predicted molar refractivity (Wildman–Crippen MR) is 132 cm³/mol. The molecular formula is C22H24N4O7S3. The maximum Gasteiger partial charge on any atom is 0.325 e. The van der Waals surface area contributed by atoms with Crippen LogP contribution in [0.4, 0.5) is 0 Å². The number of ether oxygens (including phenoxy) is 1.